The van der Waals surface area contributed by atoms with Gasteiger partial charge in [0.1, 0.15) is 0 Å². The number of nitro benzene ring substituents is 1. The second-order valence-electron chi connectivity index (χ2n) is 3.88. The van der Waals surface area contributed by atoms with Gasteiger partial charge in [-0.25, -0.2) is 4.39 Å². The highest BCUT2D eigenvalue weighted by Crippen LogP contribution is 2.23. The third-order valence-corrected chi connectivity index (χ3v) is 3.46. The smallest absolute Gasteiger partial charge is 0.272 e. The first-order chi connectivity index (χ1) is 9.66. The number of halogens is 1. The van der Waals surface area contributed by atoms with Crippen LogP contribution in [0.15, 0.2) is 53.4 Å². The third-order valence-electron chi connectivity index (χ3n) is 2.48. The molecule has 0 aliphatic carbocycles. The molecule has 104 valence electrons. The van der Waals surface area contributed by atoms with Crippen molar-refractivity contribution in [3.05, 3.63) is 64.5 Å². The van der Waals surface area contributed by atoms with Gasteiger partial charge in [0.25, 0.3) is 5.69 Å². The van der Waals surface area contributed by atoms with Crippen LogP contribution in [0.3, 0.4) is 0 Å². The summed E-state index contributed by atoms with van der Waals surface area (Å²) in [4.78, 5) is 10.9. The van der Waals surface area contributed by atoms with Crippen molar-refractivity contribution in [1.82, 2.24) is 0 Å². The second-order valence-corrected chi connectivity index (χ2v) is 5.05. The molecular formula is C14H12FNO3S. The van der Waals surface area contributed by atoms with Gasteiger partial charge in [0, 0.05) is 16.7 Å². The van der Waals surface area contributed by atoms with E-state index in [1.54, 1.807) is 11.8 Å². The van der Waals surface area contributed by atoms with Crippen molar-refractivity contribution in [2.45, 2.75) is 4.90 Å². The van der Waals surface area contributed by atoms with E-state index in [-0.39, 0.29) is 11.4 Å². The molecule has 0 atom stereocenters. The SMILES string of the molecule is O=[N+]([O-])c1ccc(OCCSc2ccccc2)c(F)c1. The van der Waals surface area contributed by atoms with Crippen LogP contribution < -0.4 is 4.74 Å². The molecular weight excluding hydrogens is 281 g/mol. The number of non-ortho nitro benzene ring substituents is 1. The summed E-state index contributed by atoms with van der Waals surface area (Å²) in [5.41, 5.74) is -0.284. The molecule has 0 N–H and O–H groups in total. The molecule has 2 rings (SSSR count). The number of hydrogen-bond donors (Lipinski definition) is 0. The Kier molecular flexibility index (Phi) is 4.95. The molecule has 20 heavy (non-hydrogen) atoms. The molecule has 0 saturated carbocycles. The van der Waals surface area contributed by atoms with Crippen LogP contribution in [0, 0.1) is 15.9 Å². The van der Waals surface area contributed by atoms with Gasteiger partial charge in [-0.3, -0.25) is 10.1 Å². The monoisotopic (exact) mass is 293 g/mol. The zero-order valence-corrected chi connectivity index (χ0v) is 11.3. The van der Waals surface area contributed by atoms with Crippen LogP contribution in [0.4, 0.5) is 10.1 Å². The van der Waals surface area contributed by atoms with E-state index < -0.39 is 10.7 Å². The van der Waals surface area contributed by atoms with Gasteiger partial charge >= 0.3 is 0 Å². The molecule has 0 saturated heterocycles. The number of ether oxygens (including phenoxy) is 1. The number of benzene rings is 2. The second kappa shape index (κ2) is 6.91. The lowest BCUT2D eigenvalue weighted by atomic mass is 10.3. The van der Waals surface area contributed by atoms with E-state index in [0.717, 1.165) is 11.0 Å². The van der Waals surface area contributed by atoms with E-state index in [1.165, 1.54) is 12.1 Å². The van der Waals surface area contributed by atoms with Crippen LogP contribution in [-0.2, 0) is 0 Å². The summed E-state index contributed by atoms with van der Waals surface area (Å²) in [5.74, 6) is -0.0198. The topological polar surface area (TPSA) is 52.4 Å². The van der Waals surface area contributed by atoms with Gasteiger partial charge in [-0.15, -0.1) is 11.8 Å². The molecule has 0 bridgehead atoms. The van der Waals surface area contributed by atoms with E-state index in [2.05, 4.69) is 0 Å². The maximum Gasteiger partial charge on any atom is 0.272 e. The molecule has 0 aliphatic rings. The minimum atomic E-state index is -0.719. The molecule has 4 nitrogen and oxygen atoms in total. The average Bonchev–Trinajstić information content (AvgIpc) is 2.46. The molecule has 2 aromatic rings. The van der Waals surface area contributed by atoms with Crippen molar-refractivity contribution in [2.75, 3.05) is 12.4 Å². The lowest BCUT2D eigenvalue weighted by molar-refractivity contribution is -0.385. The van der Waals surface area contributed by atoms with Crippen molar-refractivity contribution in [3.8, 4) is 5.75 Å². The Morgan fingerprint density at radius 1 is 1.20 bits per heavy atom. The molecule has 0 spiro atoms. The first-order valence-electron chi connectivity index (χ1n) is 5.91. The van der Waals surface area contributed by atoms with E-state index in [1.807, 2.05) is 30.3 Å². The summed E-state index contributed by atoms with van der Waals surface area (Å²) in [6.07, 6.45) is 0. The Morgan fingerprint density at radius 2 is 1.95 bits per heavy atom. The highest BCUT2D eigenvalue weighted by atomic mass is 32.2. The van der Waals surface area contributed by atoms with Crippen LogP contribution in [0.5, 0.6) is 5.75 Å². The molecule has 2 aromatic carbocycles. The van der Waals surface area contributed by atoms with Gasteiger partial charge in [0.15, 0.2) is 11.6 Å². The van der Waals surface area contributed by atoms with Crippen molar-refractivity contribution in [2.24, 2.45) is 0 Å². The molecule has 0 unspecified atom stereocenters. The maximum absolute atomic E-state index is 13.5. The Labute approximate surface area is 119 Å². The minimum absolute atomic E-state index is 0.0317. The van der Waals surface area contributed by atoms with Gasteiger partial charge in [0.2, 0.25) is 0 Å². The summed E-state index contributed by atoms with van der Waals surface area (Å²) in [7, 11) is 0. The van der Waals surface area contributed by atoms with E-state index in [9.17, 15) is 14.5 Å². The summed E-state index contributed by atoms with van der Waals surface area (Å²) in [5, 5.41) is 10.5. The highest BCUT2D eigenvalue weighted by molar-refractivity contribution is 7.99. The van der Waals surface area contributed by atoms with E-state index >= 15 is 0 Å². The predicted octanol–water partition coefficient (Wildman–Crippen LogP) is 3.91. The van der Waals surface area contributed by atoms with E-state index in [0.29, 0.717) is 12.4 Å². The van der Waals surface area contributed by atoms with Gasteiger partial charge in [-0.2, -0.15) is 0 Å². The van der Waals surface area contributed by atoms with E-state index in [4.69, 9.17) is 4.74 Å². The average molecular weight is 293 g/mol. The number of nitro groups is 1. The third kappa shape index (κ3) is 3.96. The number of rotatable bonds is 6. The zero-order valence-electron chi connectivity index (χ0n) is 10.5. The number of hydrogen-bond acceptors (Lipinski definition) is 4. The highest BCUT2D eigenvalue weighted by Gasteiger charge is 2.11. The molecule has 0 amide bonds. The molecule has 6 heteroatoms. The van der Waals surface area contributed by atoms with Crippen molar-refractivity contribution in [1.29, 1.82) is 0 Å². The maximum atomic E-state index is 13.5. The molecule has 0 fully saturated rings. The first kappa shape index (κ1) is 14.3. The minimum Gasteiger partial charge on any atom is -0.490 e. The van der Waals surface area contributed by atoms with Crippen LogP contribution in [0.1, 0.15) is 0 Å². The Bertz CT molecular complexity index is 592. The van der Waals surface area contributed by atoms with Crippen molar-refractivity contribution in [3.63, 3.8) is 0 Å². The first-order valence-corrected chi connectivity index (χ1v) is 6.90. The van der Waals surface area contributed by atoms with Gasteiger partial charge in [-0.1, -0.05) is 18.2 Å². The van der Waals surface area contributed by atoms with Crippen LogP contribution >= 0.6 is 11.8 Å². The summed E-state index contributed by atoms with van der Waals surface area (Å²) in [6.45, 7) is 0.328. The largest absolute Gasteiger partial charge is 0.490 e. The lowest BCUT2D eigenvalue weighted by Gasteiger charge is -2.06. The van der Waals surface area contributed by atoms with Crippen LogP contribution in [0.2, 0.25) is 0 Å². The summed E-state index contributed by atoms with van der Waals surface area (Å²) in [6, 6.07) is 13.2. The number of nitrogens with zero attached hydrogens (tertiary/aromatic N) is 1. The van der Waals surface area contributed by atoms with Crippen molar-refractivity contribution < 1.29 is 14.1 Å². The fourth-order valence-electron chi connectivity index (χ4n) is 1.55. The Morgan fingerprint density at radius 3 is 2.60 bits per heavy atom. The molecule has 0 heterocycles. The Balaban J connectivity index is 1.84. The number of thioether (sulfide) groups is 1. The van der Waals surface area contributed by atoms with Crippen LogP contribution in [0.25, 0.3) is 0 Å². The lowest BCUT2D eigenvalue weighted by Crippen LogP contribution is -2.02. The molecule has 0 radical (unpaired) electrons. The standard InChI is InChI=1S/C14H12FNO3S/c15-13-10-11(16(17)18)6-7-14(13)19-8-9-20-12-4-2-1-3-5-12/h1-7,10H,8-9H2. The quantitative estimate of drug-likeness (QED) is 0.351. The Hall–Kier alpha value is -2.08. The normalized spacial score (nSPS) is 10.2. The van der Waals surface area contributed by atoms with Crippen LogP contribution in [-0.4, -0.2) is 17.3 Å². The van der Waals surface area contributed by atoms with Gasteiger partial charge in [0.05, 0.1) is 17.6 Å². The summed E-state index contributed by atoms with van der Waals surface area (Å²) >= 11 is 1.60. The molecule has 0 aliphatic heterocycles. The fourth-order valence-corrected chi connectivity index (χ4v) is 2.30. The fraction of sp³-hybridized carbons (Fsp3) is 0.143. The molecule has 0 aromatic heterocycles. The predicted molar refractivity (Wildman–Crippen MR) is 75.7 cm³/mol. The van der Waals surface area contributed by atoms with Gasteiger partial charge < -0.3 is 4.74 Å². The summed E-state index contributed by atoms with van der Waals surface area (Å²) < 4.78 is 18.8. The van der Waals surface area contributed by atoms with Gasteiger partial charge in [-0.05, 0) is 18.2 Å². The van der Waals surface area contributed by atoms with Crippen molar-refractivity contribution >= 4 is 17.4 Å². The zero-order chi connectivity index (χ0) is 14.4.